The Kier molecular flexibility index (Phi) is 5.99. The largest absolute Gasteiger partial charge is 0.493 e. The zero-order valence-electron chi connectivity index (χ0n) is 17.4. The Bertz CT molecular complexity index is 1310. The molecule has 0 aromatic heterocycles. The third-order valence-electron chi connectivity index (χ3n) is 4.80. The maximum atomic E-state index is 12.9. The van der Waals surface area contributed by atoms with Crippen molar-refractivity contribution >= 4 is 38.9 Å². The molecular formula is C23H21ClN2O5S. The molecule has 0 spiro atoms. The third kappa shape index (κ3) is 4.51. The molecule has 0 aliphatic carbocycles. The molecule has 3 aromatic carbocycles. The van der Waals surface area contributed by atoms with E-state index in [0.717, 1.165) is 6.42 Å². The summed E-state index contributed by atoms with van der Waals surface area (Å²) in [6.45, 7) is 4.34. The molecule has 0 atom stereocenters. The first-order valence-corrected chi connectivity index (χ1v) is 11.8. The summed E-state index contributed by atoms with van der Waals surface area (Å²) < 4.78 is 39.8. The monoisotopic (exact) mass is 472 g/mol. The molecular weight excluding hydrogens is 452 g/mol. The average molecular weight is 473 g/mol. The van der Waals surface area contributed by atoms with E-state index in [4.69, 9.17) is 21.1 Å². The fraction of sp³-hybridized carbons (Fsp3) is 0.174. The second kappa shape index (κ2) is 8.72. The number of amides is 1. The number of carbonyl (C=O) groups is 1. The van der Waals surface area contributed by atoms with Crippen LogP contribution in [0.1, 0.15) is 29.3 Å². The standard InChI is InChI=1S/C23H21ClN2O5S/c1-3-10-30-20-9-6-17(11-14(20)2)32(28,29)26-16-5-8-21-18(13-16)23(27)25-19-12-15(24)4-7-22(19)31-21/h4-9,11-13,26H,3,10H2,1-2H3,(H,25,27). The molecule has 1 aliphatic rings. The Morgan fingerprint density at radius 3 is 2.59 bits per heavy atom. The van der Waals surface area contributed by atoms with Gasteiger partial charge in [-0.15, -0.1) is 0 Å². The van der Waals surface area contributed by atoms with E-state index in [1.807, 2.05) is 6.92 Å². The molecule has 0 unspecified atom stereocenters. The molecule has 3 aromatic rings. The number of hydrogen-bond acceptors (Lipinski definition) is 5. The van der Waals surface area contributed by atoms with Gasteiger partial charge in [-0.2, -0.15) is 0 Å². The van der Waals surface area contributed by atoms with Crippen molar-refractivity contribution in [3.8, 4) is 17.2 Å². The number of halogens is 1. The molecule has 1 heterocycles. The number of ether oxygens (including phenoxy) is 2. The Morgan fingerprint density at radius 1 is 1.06 bits per heavy atom. The van der Waals surface area contributed by atoms with Crippen LogP contribution in [-0.4, -0.2) is 20.9 Å². The Morgan fingerprint density at radius 2 is 1.84 bits per heavy atom. The van der Waals surface area contributed by atoms with Crippen LogP contribution in [0.2, 0.25) is 5.02 Å². The normalized spacial score (nSPS) is 12.7. The van der Waals surface area contributed by atoms with Gasteiger partial charge in [-0.1, -0.05) is 18.5 Å². The van der Waals surface area contributed by atoms with E-state index in [1.54, 1.807) is 43.3 Å². The molecule has 1 amide bonds. The van der Waals surface area contributed by atoms with Crippen molar-refractivity contribution in [3.05, 3.63) is 70.7 Å². The summed E-state index contributed by atoms with van der Waals surface area (Å²) in [5.41, 5.74) is 1.57. The minimum Gasteiger partial charge on any atom is -0.493 e. The lowest BCUT2D eigenvalue weighted by Gasteiger charge is -2.13. The number of fused-ring (bicyclic) bond motifs is 2. The van der Waals surface area contributed by atoms with Gasteiger partial charge < -0.3 is 14.8 Å². The predicted octanol–water partition coefficient (Wildman–Crippen LogP) is 5.60. The molecule has 166 valence electrons. The fourth-order valence-corrected chi connectivity index (χ4v) is 4.54. The van der Waals surface area contributed by atoms with Crippen molar-refractivity contribution in [1.29, 1.82) is 0 Å². The van der Waals surface area contributed by atoms with Gasteiger partial charge >= 0.3 is 0 Å². The Balaban J connectivity index is 1.60. The number of aryl methyl sites for hydroxylation is 1. The van der Waals surface area contributed by atoms with Crippen molar-refractivity contribution in [2.24, 2.45) is 0 Å². The Hall–Kier alpha value is -3.23. The predicted molar refractivity (Wildman–Crippen MR) is 124 cm³/mol. The van der Waals surface area contributed by atoms with Gasteiger partial charge in [-0.3, -0.25) is 9.52 Å². The van der Waals surface area contributed by atoms with E-state index in [2.05, 4.69) is 10.0 Å². The maximum absolute atomic E-state index is 12.9. The molecule has 0 radical (unpaired) electrons. The minimum atomic E-state index is -3.88. The smallest absolute Gasteiger partial charge is 0.261 e. The minimum absolute atomic E-state index is 0.0940. The second-order valence-electron chi connectivity index (χ2n) is 7.29. The molecule has 0 bridgehead atoms. The molecule has 32 heavy (non-hydrogen) atoms. The quantitative estimate of drug-likeness (QED) is 0.487. The summed E-state index contributed by atoms with van der Waals surface area (Å²) in [5.74, 6) is 0.954. The first-order chi connectivity index (χ1) is 15.3. The highest BCUT2D eigenvalue weighted by Gasteiger charge is 2.23. The lowest BCUT2D eigenvalue weighted by Crippen LogP contribution is -2.15. The molecule has 4 rings (SSSR count). The lowest BCUT2D eigenvalue weighted by molar-refractivity contribution is 0.102. The van der Waals surface area contributed by atoms with Crippen LogP contribution < -0.4 is 19.5 Å². The first kappa shape index (κ1) is 22.0. The average Bonchev–Trinajstić information content (AvgIpc) is 2.88. The zero-order chi connectivity index (χ0) is 22.9. The van der Waals surface area contributed by atoms with Crippen molar-refractivity contribution < 1.29 is 22.7 Å². The number of nitrogens with one attached hydrogen (secondary N) is 2. The number of benzene rings is 3. The topological polar surface area (TPSA) is 93.7 Å². The van der Waals surface area contributed by atoms with Crippen LogP contribution in [0.5, 0.6) is 17.2 Å². The summed E-state index contributed by atoms with van der Waals surface area (Å²) in [4.78, 5) is 12.8. The lowest BCUT2D eigenvalue weighted by atomic mass is 10.1. The van der Waals surface area contributed by atoms with Crippen LogP contribution in [-0.2, 0) is 10.0 Å². The van der Waals surface area contributed by atoms with Crippen molar-refractivity contribution in [2.45, 2.75) is 25.2 Å². The second-order valence-corrected chi connectivity index (χ2v) is 9.41. The van der Waals surface area contributed by atoms with E-state index in [9.17, 15) is 13.2 Å². The molecule has 7 nitrogen and oxygen atoms in total. The van der Waals surface area contributed by atoms with Gasteiger partial charge in [0.15, 0.2) is 5.75 Å². The number of rotatable bonds is 6. The van der Waals surface area contributed by atoms with Crippen LogP contribution >= 0.6 is 11.6 Å². The number of hydrogen-bond donors (Lipinski definition) is 2. The highest BCUT2D eigenvalue weighted by Crippen LogP contribution is 2.38. The van der Waals surface area contributed by atoms with E-state index in [1.165, 1.54) is 18.2 Å². The summed E-state index contributed by atoms with van der Waals surface area (Å²) >= 11 is 6.00. The van der Waals surface area contributed by atoms with Crippen LogP contribution in [0, 0.1) is 6.92 Å². The van der Waals surface area contributed by atoms with E-state index < -0.39 is 15.9 Å². The highest BCUT2D eigenvalue weighted by atomic mass is 35.5. The van der Waals surface area contributed by atoms with Gasteiger partial charge in [-0.05, 0) is 73.5 Å². The molecule has 1 aliphatic heterocycles. The van der Waals surface area contributed by atoms with E-state index >= 15 is 0 Å². The van der Waals surface area contributed by atoms with Crippen LogP contribution in [0.15, 0.2) is 59.5 Å². The van der Waals surface area contributed by atoms with E-state index in [-0.39, 0.29) is 16.1 Å². The maximum Gasteiger partial charge on any atom is 0.261 e. The van der Waals surface area contributed by atoms with Crippen molar-refractivity contribution in [2.75, 3.05) is 16.6 Å². The van der Waals surface area contributed by atoms with Crippen LogP contribution in [0.4, 0.5) is 11.4 Å². The van der Waals surface area contributed by atoms with Crippen LogP contribution in [0.25, 0.3) is 0 Å². The molecule has 0 fully saturated rings. The Labute approximate surface area is 191 Å². The van der Waals surface area contributed by atoms with Gasteiger partial charge in [0, 0.05) is 10.7 Å². The van der Waals surface area contributed by atoms with E-state index in [0.29, 0.717) is 40.1 Å². The molecule has 0 saturated carbocycles. The zero-order valence-corrected chi connectivity index (χ0v) is 19.0. The highest BCUT2D eigenvalue weighted by molar-refractivity contribution is 7.92. The van der Waals surface area contributed by atoms with Gasteiger partial charge in [0.05, 0.1) is 22.8 Å². The van der Waals surface area contributed by atoms with Gasteiger partial charge in [0.1, 0.15) is 11.5 Å². The third-order valence-corrected chi connectivity index (χ3v) is 6.42. The summed E-state index contributed by atoms with van der Waals surface area (Å²) in [5, 5.41) is 3.18. The molecule has 2 N–H and O–H groups in total. The fourth-order valence-electron chi connectivity index (χ4n) is 3.23. The van der Waals surface area contributed by atoms with Crippen molar-refractivity contribution in [3.63, 3.8) is 0 Å². The van der Waals surface area contributed by atoms with Gasteiger partial charge in [0.2, 0.25) is 0 Å². The molecule has 9 heteroatoms. The van der Waals surface area contributed by atoms with Gasteiger partial charge in [0.25, 0.3) is 15.9 Å². The summed E-state index contributed by atoms with van der Waals surface area (Å²) in [6, 6.07) is 14.1. The number of carbonyl (C=O) groups excluding carboxylic acids is 1. The molecule has 0 saturated heterocycles. The number of anilines is 2. The van der Waals surface area contributed by atoms with Crippen LogP contribution in [0.3, 0.4) is 0 Å². The van der Waals surface area contributed by atoms with Gasteiger partial charge in [-0.25, -0.2) is 8.42 Å². The first-order valence-electron chi connectivity index (χ1n) is 9.96. The SMILES string of the molecule is CCCOc1ccc(S(=O)(=O)Nc2ccc3c(c2)C(=O)Nc2cc(Cl)ccc2O3)cc1C. The summed E-state index contributed by atoms with van der Waals surface area (Å²) in [7, 11) is -3.88. The summed E-state index contributed by atoms with van der Waals surface area (Å²) in [6.07, 6.45) is 0.856. The number of sulfonamides is 1. The van der Waals surface area contributed by atoms with Crippen molar-refractivity contribution in [1.82, 2.24) is 0 Å².